The van der Waals surface area contributed by atoms with Crippen molar-refractivity contribution in [2.45, 2.75) is 6.18 Å². The van der Waals surface area contributed by atoms with Crippen LogP contribution in [0, 0.1) is 0 Å². The van der Waals surface area contributed by atoms with Crippen molar-refractivity contribution in [1.29, 1.82) is 0 Å². The summed E-state index contributed by atoms with van der Waals surface area (Å²) in [6.45, 7) is 1.30. The summed E-state index contributed by atoms with van der Waals surface area (Å²) < 4.78 is 38.1. The van der Waals surface area contributed by atoms with Crippen LogP contribution in [0.4, 0.5) is 34.1 Å². The summed E-state index contributed by atoms with van der Waals surface area (Å²) >= 11 is 5.81. The van der Waals surface area contributed by atoms with Crippen molar-refractivity contribution >= 4 is 35.0 Å². The normalized spacial score (nSPS) is 11.2. The zero-order chi connectivity index (χ0) is 23.7. The Labute approximate surface area is 189 Å². The molecule has 7 nitrogen and oxygen atoms in total. The van der Waals surface area contributed by atoms with Crippen LogP contribution in [0.5, 0.6) is 0 Å². The van der Waals surface area contributed by atoms with Gasteiger partial charge in [-0.25, -0.2) is 9.59 Å². The standard InChI is InChI=1S/C21H25ClF3N5O2/c1-29(2)13-14-30(12-11-26-19(31)27-17-9-5-16(22)6-10-17)20(32)28-18-7-3-15(4-8-18)21(23,24)25/h3-10H,11-14H2,1-2H3,(H,28,32)(H2,26,27,31). The maximum Gasteiger partial charge on any atom is 0.416 e. The molecule has 2 aromatic carbocycles. The Morgan fingerprint density at radius 3 is 2.00 bits per heavy atom. The number of benzene rings is 2. The van der Waals surface area contributed by atoms with E-state index in [-0.39, 0.29) is 18.8 Å². The second-order valence-electron chi connectivity index (χ2n) is 7.18. The van der Waals surface area contributed by atoms with Gasteiger partial charge in [-0.15, -0.1) is 0 Å². The van der Waals surface area contributed by atoms with Gasteiger partial charge in [-0.2, -0.15) is 13.2 Å². The Bertz CT molecular complexity index is 890. The summed E-state index contributed by atoms with van der Waals surface area (Å²) in [7, 11) is 3.70. The number of carbonyl (C=O) groups excluding carboxylic acids is 2. The molecular weight excluding hydrogens is 447 g/mol. The van der Waals surface area contributed by atoms with Crippen LogP contribution < -0.4 is 16.0 Å². The lowest BCUT2D eigenvalue weighted by atomic mass is 10.2. The summed E-state index contributed by atoms with van der Waals surface area (Å²) in [5.74, 6) is 0. The van der Waals surface area contributed by atoms with E-state index in [2.05, 4.69) is 16.0 Å². The molecule has 0 spiro atoms. The molecule has 0 atom stereocenters. The Balaban J connectivity index is 1.90. The number of carbonyl (C=O) groups is 2. The fraction of sp³-hybridized carbons (Fsp3) is 0.333. The predicted molar refractivity (Wildman–Crippen MR) is 119 cm³/mol. The molecule has 0 bridgehead atoms. The van der Waals surface area contributed by atoms with E-state index < -0.39 is 23.8 Å². The average molecular weight is 472 g/mol. The van der Waals surface area contributed by atoms with Gasteiger partial charge in [0.15, 0.2) is 0 Å². The molecule has 2 rings (SSSR count). The number of nitrogens with zero attached hydrogens (tertiary/aromatic N) is 2. The van der Waals surface area contributed by atoms with E-state index >= 15 is 0 Å². The minimum Gasteiger partial charge on any atom is -0.336 e. The summed E-state index contributed by atoms with van der Waals surface area (Å²) in [6, 6.07) is 9.88. The van der Waals surface area contributed by atoms with E-state index in [4.69, 9.17) is 11.6 Å². The molecule has 0 saturated heterocycles. The van der Waals surface area contributed by atoms with Gasteiger partial charge < -0.3 is 25.8 Å². The molecule has 0 aliphatic heterocycles. The smallest absolute Gasteiger partial charge is 0.336 e. The summed E-state index contributed by atoms with van der Waals surface area (Å²) in [5, 5.41) is 8.45. The van der Waals surface area contributed by atoms with E-state index in [1.54, 1.807) is 24.3 Å². The van der Waals surface area contributed by atoms with Crippen molar-refractivity contribution in [3.8, 4) is 0 Å². The number of anilines is 2. The topological polar surface area (TPSA) is 76.7 Å². The highest BCUT2D eigenvalue weighted by atomic mass is 35.5. The molecule has 0 aliphatic rings. The number of likely N-dealkylation sites (N-methyl/N-ethyl adjacent to an activating group) is 1. The summed E-state index contributed by atoms with van der Waals surface area (Å²) in [6.07, 6.45) is -4.45. The van der Waals surface area contributed by atoms with E-state index in [1.165, 1.54) is 17.0 Å². The highest BCUT2D eigenvalue weighted by molar-refractivity contribution is 6.30. The number of amides is 4. The maximum atomic E-state index is 12.7. The van der Waals surface area contributed by atoms with Gasteiger partial charge in [0, 0.05) is 42.6 Å². The lowest BCUT2D eigenvalue weighted by Gasteiger charge is -2.25. The predicted octanol–water partition coefficient (Wildman–Crippen LogP) is 4.58. The Kier molecular flexibility index (Phi) is 9.15. The van der Waals surface area contributed by atoms with Crippen molar-refractivity contribution in [3.05, 3.63) is 59.1 Å². The summed E-state index contributed by atoms with van der Waals surface area (Å²) in [4.78, 5) is 28.0. The van der Waals surface area contributed by atoms with Crippen LogP contribution in [0.2, 0.25) is 5.02 Å². The van der Waals surface area contributed by atoms with Gasteiger partial charge in [-0.3, -0.25) is 0 Å². The van der Waals surface area contributed by atoms with Crippen LogP contribution in [0.3, 0.4) is 0 Å². The van der Waals surface area contributed by atoms with Gasteiger partial charge in [0.05, 0.1) is 5.56 Å². The highest BCUT2D eigenvalue weighted by Crippen LogP contribution is 2.29. The lowest BCUT2D eigenvalue weighted by Crippen LogP contribution is -2.44. The van der Waals surface area contributed by atoms with Crippen molar-refractivity contribution in [2.24, 2.45) is 0 Å². The molecule has 4 amide bonds. The first kappa shape index (κ1) is 25.3. The number of alkyl halides is 3. The van der Waals surface area contributed by atoms with E-state index in [1.807, 2.05) is 19.0 Å². The third-order valence-electron chi connectivity index (χ3n) is 4.34. The summed E-state index contributed by atoms with van der Waals surface area (Å²) in [5.41, 5.74) is 0.0126. The van der Waals surface area contributed by atoms with Gasteiger partial charge in [-0.05, 0) is 62.6 Å². The van der Waals surface area contributed by atoms with Gasteiger partial charge in [-0.1, -0.05) is 11.6 Å². The minimum atomic E-state index is -4.45. The zero-order valence-corrected chi connectivity index (χ0v) is 18.4. The number of nitrogens with one attached hydrogen (secondary N) is 3. The zero-order valence-electron chi connectivity index (χ0n) is 17.7. The Morgan fingerprint density at radius 2 is 1.44 bits per heavy atom. The number of hydrogen-bond donors (Lipinski definition) is 3. The molecule has 174 valence electrons. The van der Waals surface area contributed by atoms with Crippen LogP contribution in [-0.2, 0) is 6.18 Å². The first-order valence-electron chi connectivity index (χ1n) is 9.73. The second-order valence-corrected chi connectivity index (χ2v) is 7.62. The van der Waals surface area contributed by atoms with Crippen LogP contribution in [0.25, 0.3) is 0 Å². The number of rotatable bonds is 8. The second kappa shape index (κ2) is 11.6. The van der Waals surface area contributed by atoms with Crippen molar-refractivity contribution < 1.29 is 22.8 Å². The Morgan fingerprint density at radius 1 is 0.875 bits per heavy atom. The highest BCUT2D eigenvalue weighted by Gasteiger charge is 2.30. The first-order chi connectivity index (χ1) is 15.0. The number of halogens is 4. The van der Waals surface area contributed by atoms with Crippen LogP contribution in [0.1, 0.15) is 5.56 Å². The third kappa shape index (κ3) is 8.64. The molecule has 0 heterocycles. The van der Waals surface area contributed by atoms with Crippen molar-refractivity contribution in [1.82, 2.24) is 15.1 Å². The fourth-order valence-electron chi connectivity index (χ4n) is 2.59. The van der Waals surface area contributed by atoms with Crippen molar-refractivity contribution in [2.75, 3.05) is 50.9 Å². The molecule has 32 heavy (non-hydrogen) atoms. The molecule has 2 aromatic rings. The van der Waals surface area contributed by atoms with E-state index in [0.717, 1.165) is 12.1 Å². The van der Waals surface area contributed by atoms with Gasteiger partial charge in [0.2, 0.25) is 0 Å². The van der Waals surface area contributed by atoms with Crippen LogP contribution >= 0.6 is 11.6 Å². The quantitative estimate of drug-likeness (QED) is 0.527. The number of urea groups is 2. The molecular formula is C21H25ClF3N5O2. The minimum absolute atomic E-state index is 0.174. The maximum absolute atomic E-state index is 12.7. The van der Waals surface area contributed by atoms with Crippen LogP contribution in [0.15, 0.2) is 48.5 Å². The molecule has 0 radical (unpaired) electrons. The van der Waals surface area contributed by atoms with Crippen molar-refractivity contribution in [3.63, 3.8) is 0 Å². The molecule has 0 saturated carbocycles. The van der Waals surface area contributed by atoms with Gasteiger partial charge in [0.25, 0.3) is 0 Å². The van der Waals surface area contributed by atoms with Gasteiger partial charge in [0.1, 0.15) is 0 Å². The lowest BCUT2D eigenvalue weighted by molar-refractivity contribution is -0.137. The van der Waals surface area contributed by atoms with Gasteiger partial charge >= 0.3 is 18.2 Å². The molecule has 0 aromatic heterocycles. The van der Waals surface area contributed by atoms with E-state index in [9.17, 15) is 22.8 Å². The largest absolute Gasteiger partial charge is 0.416 e. The van der Waals surface area contributed by atoms with Crippen LogP contribution in [-0.4, -0.2) is 62.1 Å². The SMILES string of the molecule is CN(C)CCN(CCNC(=O)Nc1ccc(Cl)cc1)C(=O)Nc1ccc(C(F)(F)F)cc1. The Hall–Kier alpha value is -2.98. The molecule has 0 aliphatic carbocycles. The first-order valence-corrected chi connectivity index (χ1v) is 10.1. The molecule has 11 heteroatoms. The monoisotopic (exact) mass is 471 g/mol. The third-order valence-corrected chi connectivity index (χ3v) is 4.59. The fourth-order valence-corrected chi connectivity index (χ4v) is 2.72. The molecule has 0 fully saturated rings. The molecule has 3 N–H and O–H groups in total. The number of hydrogen-bond acceptors (Lipinski definition) is 3. The van der Waals surface area contributed by atoms with E-state index in [0.29, 0.717) is 23.8 Å². The molecule has 0 unspecified atom stereocenters. The average Bonchev–Trinajstić information content (AvgIpc) is 2.71.